The fourth-order valence-corrected chi connectivity index (χ4v) is 3.14. The number of hydrogen-bond donors (Lipinski definition) is 1. The molecule has 0 spiro atoms. The van der Waals surface area contributed by atoms with Crippen LogP contribution in [-0.4, -0.2) is 24.4 Å². The third kappa shape index (κ3) is 3.73. The number of halogens is 1. The maximum atomic E-state index is 13.0. The number of aryl methyl sites for hydroxylation is 2. The molecule has 148 valence electrons. The predicted octanol–water partition coefficient (Wildman–Crippen LogP) is 2.72. The Kier molecular flexibility index (Phi) is 5.69. The normalized spacial score (nSPS) is 12.0. The van der Waals surface area contributed by atoms with E-state index in [-0.39, 0.29) is 6.54 Å². The molecule has 0 aliphatic heterocycles. The van der Waals surface area contributed by atoms with E-state index in [1.54, 1.807) is 42.9 Å². The van der Waals surface area contributed by atoms with Gasteiger partial charge in [-0.1, -0.05) is 37.1 Å². The lowest BCUT2D eigenvalue weighted by atomic mass is 10.2. The number of nitrogens with one attached hydrogen (secondary N) is 1. The van der Waals surface area contributed by atoms with Crippen molar-refractivity contribution in [2.75, 3.05) is 5.43 Å². The smallest absolute Gasteiger partial charge is 0.306 e. The van der Waals surface area contributed by atoms with Crippen molar-refractivity contribution in [3.63, 3.8) is 0 Å². The minimum Gasteiger partial charge on any atom is -0.306 e. The summed E-state index contributed by atoms with van der Waals surface area (Å²) < 4.78 is 4.20. The SMILES string of the molecule is CCC/C(C)=N/Nc1nc2c(c(=O)n(Cc3ccc(Cl)cc3)c(=O)n2C)n1C. The molecule has 0 saturated carbocycles. The number of rotatable bonds is 6. The number of aromatic nitrogens is 4. The molecule has 0 unspecified atom stereocenters. The molecule has 0 saturated heterocycles. The highest BCUT2D eigenvalue weighted by molar-refractivity contribution is 6.30. The number of fused-ring (bicyclic) bond motifs is 1. The van der Waals surface area contributed by atoms with E-state index in [1.165, 1.54) is 9.13 Å². The Labute approximate surface area is 167 Å². The van der Waals surface area contributed by atoms with Crippen LogP contribution in [0.5, 0.6) is 0 Å². The zero-order chi connectivity index (χ0) is 20.4. The van der Waals surface area contributed by atoms with E-state index in [0.29, 0.717) is 22.1 Å². The molecule has 0 bridgehead atoms. The summed E-state index contributed by atoms with van der Waals surface area (Å²) in [4.78, 5) is 30.2. The lowest BCUT2D eigenvalue weighted by Gasteiger charge is -2.09. The highest BCUT2D eigenvalue weighted by Gasteiger charge is 2.18. The summed E-state index contributed by atoms with van der Waals surface area (Å²) in [5, 5.41) is 4.89. The highest BCUT2D eigenvalue weighted by atomic mass is 35.5. The molecule has 0 aliphatic carbocycles. The predicted molar refractivity (Wildman–Crippen MR) is 112 cm³/mol. The first-order valence-corrected chi connectivity index (χ1v) is 9.41. The number of hydrogen-bond acceptors (Lipinski definition) is 5. The molecule has 8 nitrogen and oxygen atoms in total. The summed E-state index contributed by atoms with van der Waals surface area (Å²) in [6.45, 7) is 4.15. The van der Waals surface area contributed by atoms with Crippen LogP contribution in [0, 0.1) is 0 Å². The number of nitrogens with zero attached hydrogens (tertiary/aromatic N) is 5. The zero-order valence-electron chi connectivity index (χ0n) is 16.4. The molecule has 0 radical (unpaired) electrons. The average Bonchev–Trinajstić information content (AvgIpc) is 3.00. The quantitative estimate of drug-likeness (QED) is 0.507. The van der Waals surface area contributed by atoms with Crippen LogP contribution in [0.3, 0.4) is 0 Å². The van der Waals surface area contributed by atoms with Crippen molar-refractivity contribution < 1.29 is 0 Å². The lowest BCUT2D eigenvalue weighted by molar-refractivity contribution is 0.655. The van der Waals surface area contributed by atoms with Gasteiger partial charge in [-0.25, -0.2) is 10.2 Å². The van der Waals surface area contributed by atoms with Gasteiger partial charge in [0.25, 0.3) is 5.56 Å². The van der Waals surface area contributed by atoms with Crippen LogP contribution in [0.25, 0.3) is 11.2 Å². The van der Waals surface area contributed by atoms with Crippen LogP contribution in [0.15, 0.2) is 39.0 Å². The Morgan fingerprint density at radius 3 is 2.50 bits per heavy atom. The Morgan fingerprint density at radius 1 is 1.18 bits per heavy atom. The molecule has 1 aromatic carbocycles. The topological polar surface area (TPSA) is 86.2 Å². The number of anilines is 1. The van der Waals surface area contributed by atoms with Crippen molar-refractivity contribution in [1.82, 2.24) is 18.7 Å². The highest BCUT2D eigenvalue weighted by Crippen LogP contribution is 2.14. The van der Waals surface area contributed by atoms with Gasteiger partial charge in [-0.05, 0) is 31.0 Å². The van der Waals surface area contributed by atoms with Crippen molar-refractivity contribution in [2.45, 2.75) is 33.2 Å². The summed E-state index contributed by atoms with van der Waals surface area (Å²) in [5.41, 5.74) is 4.47. The van der Waals surface area contributed by atoms with Gasteiger partial charge in [-0.2, -0.15) is 10.1 Å². The van der Waals surface area contributed by atoms with E-state index >= 15 is 0 Å². The van der Waals surface area contributed by atoms with Crippen molar-refractivity contribution >= 4 is 34.4 Å². The summed E-state index contributed by atoms with van der Waals surface area (Å²) >= 11 is 5.91. The van der Waals surface area contributed by atoms with Crippen molar-refractivity contribution in [3.05, 3.63) is 55.7 Å². The lowest BCUT2D eigenvalue weighted by Crippen LogP contribution is -2.39. The molecule has 0 fully saturated rings. The summed E-state index contributed by atoms with van der Waals surface area (Å²) in [6.07, 6.45) is 1.85. The van der Waals surface area contributed by atoms with Gasteiger partial charge >= 0.3 is 5.69 Å². The van der Waals surface area contributed by atoms with E-state index in [1.807, 2.05) is 6.92 Å². The third-order valence-electron chi connectivity index (χ3n) is 4.57. The van der Waals surface area contributed by atoms with Crippen LogP contribution in [-0.2, 0) is 20.6 Å². The Balaban J connectivity index is 2.09. The second-order valence-electron chi connectivity index (χ2n) is 6.73. The van der Waals surface area contributed by atoms with Crippen molar-refractivity contribution in [3.8, 4) is 0 Å². The molecule has 2 aromatic heterocycles. The first-order valence-electron chi connectivity index (χ1n) is 9.03. The minimum absolute atomic E-state index is 0.153. The number of imidazole rings is 1. The van der Waals surface area contributed by atoms with Crippen molar-refractivity contribution in [1.29, 1.82) is 0 Å². The molecule has 3 aromatic rings. The largest absolute Gasteiger partial charge is 0.332 e. The monoisotopic (exact) mass is 402 g/mol. The van der Waals surface area contributed by atoms with Gasteiger partial charge in [0.05, 0.1) is 6.54 Å². The Hall–Kier alpha value is -2.87. The Bertz CT molecular complexity index is 1150. The fraction of sp³-hybridized carbons (Fsp3) is 0.368. The molecule has 1 N–H and O–H groups in total. The minimum atomic E-state index is -0.428. The molecule has 0 atom stereocenters. The number of benzene rings is 1. The Morgan fingerprint density at radius 2 is 1.86 bits per heavy atom. The maximum Gasteiger partial charge on any atom is 0.332 e. The first kappa shape index (κ1) is 19.9. The van der Waals surface area contributed by atoms with Crippen LogP contribution in [0.2, 0.25) is 5.02 Å². The molecular weight excluding hydrogens is 380 g/mol. The van der Waals surface area contributed by atoms with Gasteiger partial charge in [0.1, 0.15) is 0 Å². The number of hydrazone groups is 1. The van der Waals surface area contributed by atoms with Crippen LogP contribution >= 0.6 is 11.6 Å². The maximum absolute atomic E-state index is 13.0. The van der Waals surface area contributed by atoms with E-state index in [0.717, 1.165) is 24.1 Å². The molecule has 0 amide bonds. The van der Waals surface area contributed by atoms with Crippen LogP contribution in [0.4, 0.5) is 5.95 Å². The van der Waals surface area contributed by atoms with Crippen LogP contribution in [0.1, 0.15) is 32.3 Å². The summed E-state index contributed by atoms with van der Waals surface area (Å²) in [5.74, 6) is 0.404. The standard InChI is InChI=1S/C19H23ClN6O2/c1-5-6-12(2)22-23-18-21-16-15(24(18)3)17(27)26(19(28)25(16)4)11-13-7-9-14(20)10-8-13/h7-10H,5-6,11H2,1-4H3,(H,21,23)/b22-12+. The average molecular weight is 403 g/mol. The molecule has 0 aliphatic rings. The molecule has 9 heteroatoms. The van der Waals surface area contributed by atoms with Crippen LogP contribution < -0.4 is 16.7 Å². The molecule has 3 rings (SSSR count). The third-order valence-corrected chi connectivity index (χ3v) is 4.82. The van der Waals surface area contributed by atoms with Gasteiger partial charge in [-0.15, -0.1) is 0 Å². The van der Waals surface area contributed by atoms with E-state index in [2.05, 4.69) is 22.4 Å². The first-order chi connectivity index (χ1) is 13.3. The second kappa shape index (κ2) is 8.02. The van der Waals surface area contributed by atoms with E-state index in [9.17, 15) is 9.59 Å². The molecule has 2 heterocycles. The fourth-order valence-electron chi connectivity index (χ4n) is 3.02. The van der Waals surface area contributed by atoms with E-state index in [4.69, 9.17) is 11.6 Å². The molecule has 28 heavy (non-hydrogen) atoms. The summed E-state index contributed by atoms with van der Waals surface area (Å²) in [7, 11) is 3.33. The van der Waals surface area contributed by atoms with Gasteiger partial charge in [0, 0.05) is 24.8 Å². The summed E-state index contributed by atoms with van der Waals surface area (Å²) in [6, 6.07) is 7.04. The van der Waals surface area contributed by atoms with Gasteiger partial charge < -0.3 is 4.57 Å². The van der Waals surface area contributed by atoms with Gasteiger partial charge in [0.15, 0.2) is 11.2 Å². The van der Waals surface area contributed by atoms with Gasteiger partial charge in [0.2, 0.25) is 5.95 Å². The van der Waals surface area contributed by atoms with E-state index < -0.39 is 11.2 Å². The zero-order valence-corrected chi connectivity index (χ0v) is 17.1. The second-order valence-corrected chi connectivity index (χ2v) is 7.17. The molecular formula is C19H23ClN6O2. The van der Waals surface area contributed by atoms with Gasteiger partial charge in [-0.3, -0.25) is 13.9 Å². The van der Waals surface area contributed by atoms with Crippen molar-refractivity contribution in [2.24, 2.45) is 19.2 Å².